The van der Waals surface area contributed by atoms with Crippen LogP contribution in [0.2, 0.25) is 0 Å². The zero-order chi connectivity index (χ0) is 12.5. The van der Waals surface area contributed by atoms with Gasteiger partial charge < -0.3 is 16.0 Å². The molecule has 0 aromatic heterocycles. The van der Waals surface area contributed by atoms with E-state index in [1.54, 1.807) is 0 Å². The van der Waals surface area contributed by atoms with Crippen LogP contribution in [0.1, 0.15) is 32.6 Å². The number of nitrogens with one attached hydrogen (secondary N) is 1. The predicted molar refractivity (Wildman–Crippen MR) is 64.1 cm³/mol. The molecule has 0 radical (unpaired) electrons. The number of nitrogens with two attached hydrogens (primary N) is 1. The first-order valence-electron chi connectivity index (χ1n) is 6.31. The summed E-state index contributed by atoms with van der Waals surface area (Å²) >= 11 is 0. The highest BCUT2D eigenvalue weighted by Gasteiger charge is 2.42. The summed E-state index contributed by atoms with van der Waals surface area (Å²) in [6.07, 6.45) is 2.99. The van der Waals surface area contributed by atoms with Crippen molar-refractivity contribution in [3.05, 3.63) is 0 Å². The van der Waals surface area contributed by atoms with Crippen LogP contribution >= 0.6 is 0 Å². The fourth-order valence-electron chi connectivity index (χ4n) is 2.87. The minimum atomic E-state index is -0.0938. The van der Waals surface area contributed by atoms with Crippen molar-refractivity contribution in [1.82, 2.24) is 10.2 Å². The minimum Gasteiger partial charge on any atom is -0.355 e. The lowest BCUT2D eigenvalue weighted by Gasteiger charge is -2.39. The summed E-state index contributed by atoms with van der Waals surface area (Å²) in [5.74, 6) is 0.241. The van der Waals surface area contributed by atoms with Crippen LogP contribution in [-0.4, -0.2) is 42.4 Å². The molecule has 2 amide bonds. The largest absolute Gasteiger partial charge is 0.355 e. The highest BCUT2D eigenvalue weighted by molar-refractivity contribution is 5.80. The predicted octanol–water partition coefficient (Wildman–Crippen LogP) is -0.148. The molecule has 1 spiro atoms. The first-order valence-corrected chi connectivity index (χ1v) is 6.31. The Morgan fingerprint density at radius 3 is 3.00 bits per heavy atom. The van der Waals surface area contributed by atoms with E-state index in [9.17, 15) is 9.59 Å². The van der Waals surface area contributed by atoms with E-state index < -0.39 is 0 Å². The Morgan fingerprint density at radius 1 is 1.65 bits per heavy atom. The lowest BCUT2D eigenvalue weighted by atomic mass is 9.79. The molecule has 17 heavy (non-hydrogen) atoms. The average molecular weight is 239 g/mol. The third-order valence-electron chi connectivity index (χ3n) is 3.71. The molecule has 3 N–H and O–H groups in total. The van der Waals surface area contributed by atoms with E-state index in [0.717, 1.165) is 19.4 Å². The second-order valence-electron chi connectivity index (χ2n) is 5.55. The average Bonchev–Trinajstić information content (AvgIpc) is 2.59. The molecule has 2 heterocycles. The highest BCUT2D eigenvalue weighted by Crippen LogP contribution is 2.36. The number of carbonyl (C=O) groups excluding carboxylic acids is 2. The topological polar surface area (TPSA) is 75.4 Å². The zero-order valence-electron chi connectivity index (χ0n) is 10.4. The van der Waals surface area contributed by atoms with Gasteiger partial charge in [-0.15, -0.1) is 0 Å². The van der Waals surface area contributed by atoms with Gasteiger partial charge in [0.1, 0.15) is 0 Å². The van der Waals surface area contributed by atoms with Crippen LogP contribution in [0.15, 0.2) is 0 Å². The molecule has 2 rings (SSSR count). The molecule has 2 fully saturated rings. The molecule has 0 aromatic rings. The quantitative estimate of drug-likeness (QED) is 0.704. The van der Waals surface area contributed by atoms with Crippen molar-refractivity contribution < 1.29 is 9.59 Å². The Bertz CT molecular complexity index is 330. The van der Waals surface area contributed by atoms with Crippen LogP contribution in [0, 0.1) is 5.41 Å². The number of carbonyl (C=O) groups is 2. The van der Waals surface area contributed by atoms with E-state index in [4.69, 9.17) is 5.73 Å². The summed E-state index contributed by atoms with van der Waals surface area (Å²) in [6.45, 7) is 4.07. The van der Waals surface area contributed by atoms with Crippen molar-refractivity contribution in [2.75, 3.05) is 19.6 Å². The molecule has 2 unspecified atom stereocenters. The van der Waals surface area contributed by atoms with Gasteiger partial charge in [0.05, 0.1) is 0 Å². The van der Waals surface area contributed by atoms with Gasteiger partial charge in [-0.05, 0) is 19.8 Å². The lowest BCUT2D eigenvalue weighted by molar-refractivity contribution is -0.135. The monoisotopic (exact) mass is 239 g/mol. The Labute approximate surface area is 102 Å². The van der Waals surface area contributed by atoms with Crippen molar-refractivity contribution in [2.24, 2.45) is 11.1 Å². The van der Waals surface area contributed by atoms with E-state index in [2.05, 4.69) is 5.32 Å². The molecule has 0 aliphatic carbocycles. The maximum Gasteiger partial charge on any atom is 0.224 e. The molecule has 0 bridgehead atoms. The van der Waals surface area contributed by atoms with Gasteiger partial charge >= 0.3 is 0 Å². The Morgan fingerprint density at radius 2 is 2.41 bits per heavy atom. The zero-order valence-corrected chi connectivity index (χ0v) is 10.4. The van der Waals surface area contributed by atoms with Crippen LogP contribution in [0.3, 0.4) is 0 Å². The lowest BCUT2D eigenvalue weighted by Crippen LogP contribution is -2.48. The normalized spacial score (nSPS) is 30.5. The molecular weight excluding hydrogens is 218 g/mol. The molecule has 2 saturated heterocycles. The van der Waals surface area contributed by atoms with Crippen LogP contribution in [0.4, 0.5) is 0 Å². The number of amides is 2. The summed E-state index contributed by atoms with van der Waals surface area (Å²) in [5, 5.41) is 2.88. The Balaban J connectivity index is 1.97. The number of rotatable bonds is 2. The van der Waals surface area contributed by atoms with Crippen molar-refractivity contribution in [2.45, 2.75) is 38.6 Å². The van der Waals surface area contributed by atoms with E-state index >= 15 is 0 Å². The van der Waals surface area contributed by atoms with Crippen LogP contribution < -0.4 is 11.1 Å². The third kappa shape index (κ3) is 2.77. The molecule has 2 atom stereocenters. The molecule has 2 aliphatic heterocycles. The number of piperidine rings is 1. The van der Waals surface area contributed by atoms with Gasteiger partial charge in [0.2, 0.25) is 11.8 Å². The fraction of sp³-hybridized carbons (Fsp3) is 0.833. The maximum absolute atomic E-state index is 12.0. The van der Waals surface area contributed by atoms with Gasteiger partial charge in [0.15, 0.2) is 0 Å². The number of likely N-dealkylation sites (tertiary alicyclic amines) is 1. The highest BCUT2D eigenvalue weighted by atomic mass is 16.2. The molecule has 5 heteroatoms. The van der Waals surface area contributed by atoms with Gasteiger partial charge in [-0.3, -0.25) is 9.59 Å². The fourth-order valence-corrected chi connectivity index (χ4v) is 2.87. The van der Waals surface area contributed by atoms with Crippen molar-refractivity contribution in [1.29, 1.82) is 0 Å². The molecule has 2 aliphatic rings. The smallest absolute Gasteiger partial charge is 0.224 e. The van der Waals surface area contributed by atoms with Crippen molar-refractivity contribution >= 4 is 11.8 Å². The van der Waals surface area contributed by atoms with E-state index in [1.165, 1.54) is 0 Å². The summed E-state index contributed by atoms with van der Waals surface area (Å²) < 4.78 is 0. The Kier molecular flexibility index (Phi) is 3.38. The van der Waals surface area contributed by atoms with Crippen LogP contribution in [0.25, 0.3) is 0 Å². The van der Waals surface area contributed by atoms with Crippen molar-refractivity contribution in [3.63, 3.8) is 0 Å². The molecule has 96 valence electrons. The van der Waals surface area contributed by atoms with Gasteiger partial charge in [0.25, 0.3) is 0 Å². The van der Waals surface area contributed by atoms with E-state index in [-0.39, 0.29) is 23.3 Å². The molecule has 0 saturated carbocycles. The molecule has 0 aromatic carbocycles. The molecule has 5 nitrogen and oxygen atoms in total. The Hall–Kier alpha value is -1.10. The van der Waals surface area contributed by atoms with Gasteiger partial charge in [-0.25, -0.2) is 0 Å². The standard InChI is InChI=1S/C12H21N3O2/c1-9(13)5-11(17)15-4-2-3-12(8-15)6-10(16)14-7-12/h9H,2-8,13H2,1H3,(H,14,16). The first kappa shape index (κ1) is 12.4. The van der Waals surface area contributed by atoms with E-state index in [0.29, 0.717) is 25.9 Å². The van der Waals surface area contributed by atoms with Gasteiger partial charge in [0, 0.05) is 43.9 Å². The third-order valence-corrected chi connectivity index (χ3v) is 3.71. The summed E-state index contributed by atoms with van der Waals surface area (Å²) in [6, 6.07) is -0.0938. The van der Waals surface area contributed by atoms with E-state index in [1.807, 2.05) is 11.8 Å². The van der Waals surface area contributed by atoms with Gasteiger partial charge in [-0.2, -0.15) is 0 Å². The number of nitrogens with zero attached hydrogens (tertiary/aromatic N) is 1. The summed E-state index contributed by atoms with van der Waals surface area (Å²) in [4.78, 5) is 25.2. The SMILES string of the molecule is CC(N)CC(=O)N1CCCC2(CNC(=O)C2)C1. The maximum atomic E-state index is 12.0. The first-order chi connectivity index (χ1) is 8.01. The number of hydrogen-bond acceptors (Lipinski definition) is 3. The molecular formula is C12H21N3O2. The van der Waals surface area contributed by atoms with Crippen LogP contribution in [-0.2, 0) is 9.59 Å². The minimum absolute atomic E-state index is 0.0111. The summed E-state index contributed by atoms with van der Waals surface area (Å²) in [5.41, 5.74) is 5.64. The number of hydrogen-bond donors (Lipinski definition) is 2. The summed E-state index contributed by atoms with van der Waals surface area (Å²) in [7, 11) is 0. The van der Waals surface area contributed by atoms with Crippen LogP contribution in [0.5, 0.6) is 0 Å². The second-order valence-corrected chi connectivity index (χ2v) is 5.55. The van der Waals surface area contributed by atoms with Gasteiger partial charge in [-0.1, -0.05) is 0 Å². The second kappa shape index (κ2) is 4.64. The van der Waals surface area contributed by atoms with Crippen molar-refractivity contribution in [3.8, 4) is 0 Å².